The number of nitrogens with zero attached hydrogens (tertiary/aromatic N) is 2. The molecule has 0 saturated carbocycles. The van der Waals surface area contributed by atoms with Crippen molar-refractivity contribution in [3.05, 3.63) is 90.1 Å². The third-order valence-corrected chi connectivity index (χ3v) is 5.05. The fourth-order valence-corrected chi connectivity index (χ4v) is 3.49. The zero-order chi connectivity index (χ0) is 20.6. The van der Waals surface area contributed by atoms with E-state index in [1.54, 1.807) is 0 Å². The lowest BCUT2D eigenvalue weighted by Gasteiger charge is -2.33. The number of amides is 2. The Labute approximate surface area is 177 Å². The van der Waals surface area contributed by atoms with Gasteiger partial charge in [-0.1, -0.05) is 42.2 Å². The first-order chi connectivity index (χ1) is 14.8. The van der Waals surface area contributed by atoms with Gasteiger partial charge in [0.1, 0.15) is 5.82 Å². The highest BCUT2D eigenvalue weighted by molar-refractivity contribution is 5.89. The quantitative estimate of drug-likeness (QED) is 0.650. The average Bonchev–Trinajstić information content (AvgIpc) is 2.80. The van der Waals surface area contributed by atoms with Gasteiger partial charge in [0.05, 0.1) is 0 Å². The molecule has 150 valence electrons. The van der Waals surface area contributed by atoms with E-state index in [2.05, 4.69) is 32.4 Å². The Morgan fingerprint density at radius 1 is 0.900 bits per heavy atom. The van der Waals surface area contributed by atoms with Crippen molar-refractivity contribution < 1.29 is 4.79 Å². The molecule has 30 heavy (non-hydrogen) atoms. The second-order valence-electron chi connectivity index (χ2n) is 7.24. The topological polar surface area (TPSA) is 57.3 Å². The minimum atomic E-state index is -0.181. The van der Waals surface area contributed by atoms with Crippen LogP contribution in [0.5, 0.6) is 0 Å². The van der Waals surface area contributed by atoms with Gasteiger partial charge in [-0.15, -0.1) is 0 Å². The first-order valence-electron chi connectivity index (χ1n) is 10.2. The Bertz CT molecular complexity index is 1030. The zero-order valence-corrected chi connectivity index (χ0v) is 16.7. The molecule has 1 saturated heterocycles. The largest absolute Gasteiger partial charge is 0.356 e. The Kier molecular flexibility index (Phi) is 6.26. The van der Waals surface area contributed by atoms with E-state index in [0.717, 1.165) is 48.6 Å². The fraction of sp³-hybridized carbons (Fsp3) is 0.200. The van der Waals surface area contributed by atoms with E-state index >= 15 is 0 Å². The maximum absolute atomic E-state index is 12.4. The monoisotopic (exact) mass is 396 g/mol. The highest BCUT2D eigenvalue weighted by Gasteiger charge is 2.21. The van der Waals surface area contributed by atoms with E-state index in [-0.39, 0.29) is 12.1 Å². The summed E-state index contributed by atoms with van der Waals surface area (Å²) in [5, 5.41) is 6.01. The lowest BCUT2D eigenvalue weighted by atomic mass is 10.1. The molecule has 0 spiro atoms. The van der Waals surface area contributed by atoms with Crippen LogP contribution in [-0.4, -0.2) is 30.1 Å². The molecule has 0 radical (unpaired) electrons. The van der Waals surface area contributed by atoms with Crippen molar-refractivity contribution in [1.82, 2.24) is 10.3 Å². The SMILES string of the molecule is O=C(Nc1cccc(C#Cc2ccccc2)c1)NC1CCN(c2ccccn2)CC1. The molecule has 5 heteroatoms. The number of aromatic nitrogens is 1. The van der Waals surface area contributed by atoms with Gasteiger partial charge in [0, 0.05) is 42.1 Å². The molecule has 2 amide bonds. The van der Waals surface area contributed by atoms with Crippen LogP contribution in [0.3, 0.4) is 0 Å². The minimum Gasteiger partial charge on any atom is -0.356 e. The molecule has 0 bridgehead atoms. The van der Waals surface area contributed by atoms with Gasteiger partial charge in [-0.25, -0.2) is 9.78 Å². The maximum Gasteiger partial charge on any atom is 0.319 e. The van der Waals surface area contributed by atoms with Crippen LogP contribution in [0.4, 0.5) is 16.3 Å². The Balaban J connectivity index is 1.29. The van der Waals surface area contributed by atoms with Crippen LogP contribution in [0, 0.1) is 11.8 Å². The average molecular weight is 396 g/mol. The van der Waals surface area contributed by atoms with E-state index in [0.29, 0.717) is 0 Å². The van der Waals surface area contributed by atoms with Crippen LogP contribution < -0.4 is 15.5 Å². The van der Waals surface area contributed by atoms with Gasteiger partial charge in [-0.3, -0.25) is 0 Å². The van der Waals surface area contributed by atoms with Crippen molar-refractivity contribution in [2.24, 2.45) is 0 Å². The van der Waals surface area contributed by atoms with E-state index in [1.165, 1.54) is 0 Å². The molecule has 0 atom stereocenters. The maximum atomic E-state index is 12.4. The second-order valence-corrected chi connectivity index (χ2v) is 7.24. The van der Waals surface area contributed by atoms with E-state index in [9.17, 15) is 4.79 Å². The standard InChI is InChI=1S/C25H24N4O/c30-25(27-22-14-17-29(18-15-22)24-11-4-5-16-26-24)28-23-10-6-9-21(19-23)13-12-20-7-2-1-3-8-20/h1-11,16,19,22H,14-15,17-18H2,(H2,27,28,30). The van der Waals surface area contributed by atoms with Crippen LogP contribution >= 0.6 is 0 Å². The van der Waals surface area contributed by atoms with Gasteiger partial charge in [0.2, 0.25) is 0 Å². The molecule has 1 fully saturated rings. The molecule has 4 rings (SSSR count). The molecule has 1 aliphatic rings. The Morgan fingerprint density at radius 3 is 2.40 bits per heavy atom. The summed E-state index contributed by atoms with van der Waals surface area (Å²) in [6.45, 7) is 1.76. The van der Waals surface area contributed by atoms with Gasteiger partial charge in [-0.05, 0) is 55.3 Å². The highest BCUT2D eigenvalue weighted by atomic mass is 16.2. The number of anilines is 2. The molecule has 2 heterocycles. The van der Waals surface area contributed by atoms with Crippen LogP contribution in [0.15, 0.2) is 79.0 Å². The van der Waals surface area contributed by atoms with Crippen molar-refractivity contribution >= 4 is 17.5 Å². The lowest BCUT2D eigenvalue weighted by molar-refractivity contribution is 0.246. The predicted octanol–water partition coefficient (Wildman–Crippen LogP) is 4.27. The van der Waals surface area contributed by atoms with E-state index in [4.69, 9.17) is 0 Å². The van der Waals surface area contributed by atoms with Crippen molar-refractivity contribution in [2.75, 3.05) is 23.3 Å². The van der Waals surface area contributed by atoms with Crippen LogP contribution in [-0.2, 0) is 0 Å². The summed E-state index contributed by atoms with van der Waals surface area (Å²) in [6.07, 6.45) is 3.60. The van der Waals surface area contributed by atoms with Gasteiger partial charge in [0.25, 0.3) is 0 Å². The van der Waals surface area contributed by atoms with Crippen molar-refractivity contribution in [1.29, 1.82) is 0 Å². The molecule has 2 N–H and O–H groups in total. The third kappa shape index (κ3) is 5.39. The number of hydrogen-bond donors (Lipinski definition) is 2. The van der Waals surface area contributed by atoms with Crippen LogP contribution in [0.2, 0.25) is 0 Å². The highest BCUT2D eigenvalue weighted by Crippen LogP contribution is 2.17. The number of carbonyl (C=O) groups excluding carboxylic acids is 1. The van der Waals surface area contributed by atoms with Crippen LogP contribution in [0.1, 0.15) is 24.0 Å². The summed E-state index contributed by atoms with van der Waals surface area (Å²) < 4.78 is 0. The third-order valence-electron chi connectivity index (χ3n) is 5.05. The van der Waals surface area contributed by atoms with E-state index < -0.39 is 0 Å². The van der Waals surface area contributed by atoms with Crippen molar-refractivity contribution in [3.8, 4) is 11.8 Å². The second kappa shape index (κ2) is 9.62. The summed E-state index contributed by atoms with van der Waals surface area (Å²) in [6, 6.07) is 23.4. The predicted molar refractivity (Wildman–Crippen MR) is 120 cm³/mol. The van der Waals surface area contributed by atoms with Gasteiger partial charge < -0.3 is 15.5 Å². The molecule has 0 unspecified atom stereocenters. The summed E-state index contributed by atoms with van der Waals surface area (Å²) in [5.41, 5.74) is 2.56. The number of hydrogen-bond acceptors (Lipinski definition) is 3. The molecular formula is C25H24N4O. The zero-order valence-electron chi connectivity index (χ0n) is 16.7. The smallest absolute Gasteiger partial charge is 0.319 e. The molecular weight excluding hydrogens is 372 g/mol. The molecule has 5 nitrogen and oxygen atoms in total. The normalized spacial score (nSPS) is 13.8. The van der Waals surface area contributed by atoms with Gasteiger partial charge >= 0.3 is 6.03 Å². The van der Waals surface area contributed by atoms with E-state index in [1.807, 2.05) is 79.0 Å². The number of benzene rings is 2. The first-order valence-corrected chi connectivity index (χ1v) is 10.2. The molecule has 1 aromatic heterocycles. The van der Waals surface area contributed by atoms with Crippen molar-refractivity contribution in [3.63, 3.8) is 0 Å². The number of rotatable bonds is 3. The number of nitrogens with one attached hydrogen (secondary N) is 2. The summed E-state index contributed by atoms with van der Waals surface area (Å²) in [4.78, 5) is 19.1. The molecule has 2 aromatic carbocycles. The molecule has 1 aliphatic heterocycles. The van der Waals surface area contributed by atoms with Crippen LogP contribution in [0.25, 0.3) is 0 Å². The van der Waals surface area contributed by atoms with Gasteiger partial charge in [0.15, 0.2) is 0 Å². The molecule has 3 aromatic rings. The number of carbonyl (C=O) groups is 1. The molecule has 0 aliphatic carbocycles. The summed E-state index contributed by atoms with van der Waals surface area (Å²) >= 11 is 0. The lowest BCUT2D eigenvalue weighted by Crippen LogP contribution is -2.46. The Hall–Kier alpha value is -3.78. The number of pyridine rings is 1. The first kappa shape index (κ1) is 19.5. The number of urea groups is 1. The fourth-order valence-electron chi connectivity index (χ4n) is 3.49. The number of piperidine rings is 1. The summed E-state index contributed by atoms with van der Waals surface area (Å²) in [7, 11) is 0. The van der Waals surface area contributed by atoms with Gasteiger partial charge in [-0.2, -0.15) is 0 Å². The van der Waals surface area contributed by atoms with Crippen molar-refractivity contribution in [2.45, 2.75) is 18.9 Å². The Morgan fingerprint density at radius 2 is 1.63 bits per heavy atom. The summed E-state index contributed by atoms with van der Waals surface area (Å²) in [5.74, 6) is 7.27. The minimum absolute atomic E-state index is 0.158.